The zero-order valence-corrected chi connectivity index (χ0v) is 15.0. The van der Waals surface area contributed by atoms with Gasteiger partial charge in [0.25, 0.3) is 0 Å². The first-order valence-corrected chi connectivity index (χ1v) is 8.38. The Morgan fingerprint density at radius 2 is 1.85 bits per heavy atom. The average molecular weight is 373 g/mol. The number of likely N-dealkylation sites (N-methyl/N-ethyl adjacent to an activating group) is 1. The summed E-state index contributed by atoms with van der Waals surface area (Å²) in [6.45, 7) is 1.83. The lowest BCUT2D eigenvalue weighted by Crippen LogP contribution is -2.43. The third-order valence-electron chi connectivity index (χ3n) is 4.18. The van der Waals surface area contributed by atoms with Crippen molar-refractivity contribution in [2.75, 3.05) is 31.0 Å². The Hall–Kier alpha value is -3.13. The number of amides is 2. The van der Waals surface area contributed by atoms with E-state index in [2.05, 4.69) is 10.6 Å². The summed E-state index contributed by atoms with van der Waals surface area (Å²) >= 11 is 0. The monoisotopic (exact) mass is 373 g/mol. The van der Waals surface area contributed by atoms with Crippen molar-refractivity contribution in [2.45, 2.75) is 13.0 Å². The summed E-state index contributed by atoms with van der Waals surface area (Å²) in [6, 6.07) is 10.2. The highest BCUT2D eigenvalue weighted by Crippen LogP contribution is 2.34. The van der Waals surface area contributed by atoms with Gasteiger partial charge in [0.1, 0.15) is 5.82 Å². The summed E-state index contributed by atoms with van der Waals surface area (Å²) in [7, 11) is 1.66. The van der Waals surface area contributed by atoms with Crippen LogP contribution in [0.3, 0.4) is 0 Å². The molecule has 1 heterocycles. The van der Waals surface area contributed by atoms with Gasteiger partial charge in [0.15, 0.2) is 11.5 Å². The highest BCUT2D eigenvalue weighted by atomic mass is 19.1. The lowest BCUT2D eigenvalue weighted by Gasteiger charge is -2.23. The highest BCUT2D eigenvalue weighted by molar-refractivity contribution is 5.96. The maximum atomic E-state index is 13.2. The fourth-order valence-electron chi connectivity index (χ4n) is 2.55. The Morgan fingerprint density at radius 3 is 2.63 bits per heavy atom. The Labute approximate surface area is 156 Å². The summed E-state index contributed by atoms with van der Waals surface area (Å²) in [5.41, 5.74) is 0.944. The van der Waals surface area contributed by atoms with Gasteiger partial charge in [-0.3, -0.25) is 14.5 Å². The van der Waals surface area contributed by atoms with E-state index in [1.807, 2.05) is 0 Å². The number of hydrogen-bond acceptors (Lipinski definition) is 5. The molecular formula is C19H20FN3O4. The van der Waals surface area contributed by atoms with Gasteiger partial charge >= 0.3 is 0 Å². The minimum absolute atomic E-state index is 0.0216. The van der Waals surface area contributed by atoms with E-state index in [0.717, 1.165) is 0 Å². The number of hydrogen-bond donors (Lipinski definition) is 2. The number of nitrogens with one attached hydrogen (secondary N) is 2. The molecule has 0 bridgehead atoms. The largest absolute Gasteiger partial charge is 0.454 e. The summed E-state index contributed by atoms with van der Waals surface area (Å²) in [6.07, 6.45) is 0. The minimum Gasteiger partial charge on any atom is -0.454 e. The van der Waals surface area contributed by atoms with Gasteiger partial charge in [-0.1, -0.05) is 6.07 Å². The molecule has 1 aliphatic heterocycles. The van der Waals surface area contributed by atoms with E-state index < -0.39 is 11.9 Å². The van der Waals surface area contributed by atoms with Crippen LogP contribution in [0.4, 0.5) is 15.8 Å². The van der Waals surface area contributed by atoms with Crippen LogP contribution in [0.5, 0.6) is 11.5 Å². The average Bonchev–Trinajstić information content (AvgIpc) is 3.08. The van der Waals surface area contributed by atoms with E-state index in [9.17, 15) is 14.0 Å². The molecule has 1 atom stereocenters. The molecule has 1 aliphatic rings. The molecule has 0 fully saturated rings. The first kappa shape index (κ1) is 18.7. The topological polar surface area (TPSA) is 79.9 Å². The molecule has 0 saturated carbocycles. The predicted molar refractivity (Wildman–Crippen MR) is 98.3 cm³/mol. The second kappa shape index (κ2) is 8.05. The molecule has 7 nitrogen and oxygen atoms in total. The van der Waals surface area contributed by atoms with Gasteiger partial charge < -0.3 is 20.1 Å². The Balaban J connectivity index is 1.53. The first-order chi connectivity index (χ1) is 12.9. The van der Waals surface area contributed by atoms with Crippen LogP contribution in [0.1, 0.15) is 6.92 Å². The molecule has 2 amide bonds. The van der Waals surface area contributed by atoms with Crippen molar-refractivity contribution < 1.29 is 23.5 Å². The molecule has 142 valence electrons. The fourth-order valence-corrected chi connectivity index (χ4v) is 2.55. The minimum atomic E-state index is -0.561. The van der Waals surface area contributed by atoms with Crippen molar-refractivity contribution in [2.24, 2.45) is 0 Å². The van der Waals surface area contributed by atoms with Gasteiger partial charge in [0, 0.05) is 17.4 Å². The molecule has 0 aliphatic carbocycles. The number of carbonyl (C=O) groups is 2. The van der Waals surface area contributed by atoms with Gasteiger partial charge in [-0.05, 0) is 44.3 Å². The summed E-state index contributed by atoms with van der Waals surface area (Å²) in [5, 5.41) is 5.39. The molecule has 27 heavy (non-hydrogen) atoms. The number of nitrogens with zero attached hydrogens (tertiary/aromatic N) is 1. The lowest BCUT2D eigenvalue weighted by molar-refractivity contribution is -0.122. The van der Waals surface area contributed by atoms with Crippen LogP contribution in [-0.2, 0) is 9.59 Å². The van der Waals surface area contributed by atoms with E-state index in [4.69, 9.17) is 9.47 Å². The summed E-state index contributed by atoms with van der Waals surface area (Å²) in [4.78, 5) is 26.1. The van der Waals surface area contributed by atoms with Crippen LogP contribution in [0.25, 0.3) is 0 Å². The van der Waals surface area contributed by atoms with Crippen molar-refractivity contribution in [3.05, 3.63) is 48.3 Å². The van der Waals surface area contributed by atoms with Crippen LogP contribution in [0, 0.1) is 5.82 Å². The summed E-state index contributed by atoms with van der Waals surface area (Å²) < 4.78 is 23.7. The Morgan fingerprint density at radius 1 is 1.11 bits per heavy atom. The van der Waals surface area contributed by atoms with Gasteiger partial charge in [-0.2, -0.15) is 0 Å². The van der Waals surface area contributed by atoms with Crippen molar-refractivity contribution in [3.8, 4) is 11.5 Å². The van der Waals surface area contributed by atoms with E-state index in [1.54, 1.807) is 43.1 Å². The molecule has 2 N–H and O–H groups in total. The number of ether oxygens (including phenoxy) is 2. The van der Waals surface area contributed by atoms with Crippen LogP contribution in [-0.4, -0.2) is 43.1 Å². The van der Waals surface area contributed by atoms with Crippen LogP contribution >= 0.6 is 0 Å². The second-order valence-corrected chi connectivity index (χ2v) is 6.21. The Kier molecular flexibility index (Phi) is 5.56. The third kappa shape index (κ3) is 4.73. The molecule has 3 rings (SSSR count). The zero-order valence-electron chi connectivity index (χ0n) is 15.0. The van der Waals surface area contributed by atoms with Crippen LogP contribution in [0.15, 0.2) is 42.5 Å². The number of fused-ring (bicyclic) bond motifs is 1. The van der Waals surface area contributed by atoms with Gasteiger partial charge in [0.2, 0.25) is 18.6 Å². The smallest absolute Gasteiger partial charge is 0.241 e. The van der Waals surface area contributed by atoms with Crippen molar-refractivity contribution >= 4 is 23.2 Å². The standard InChI is InChI=1S/C19H20FN3O4/c1-12(19(25)22-15-6-7-16-17(9-15)27-11-26-16)23(2)10-18(24)21-14-5-3-4-13(20)8-14/h3-9,12H,10-11H2,1-2H3,(H,21,24)(H,22,25)/t12-/m0/s1. The van der Waals surface area contributed by atoms with Crippen molar-refractivity contribution in [3.63, 3.8) is 0 Å². The first-order valence-electron chi connectivity index (χ1n) is 8.38. The molecular weight excluding hydrogens is 353 g/mol. The lowest BCUT2D eigenvalue weighted by atomic mass is 10.2. The maximum absolute atomic E-state index is 13.2. The van der Waals surface area contributed by atoms with Crippen molar-refractivity contribution in [1.82, 2.24) is 4.90 Å². The number of rotatable bonds is 6. The van der Waals surface area contributed by atoms with E-state index in [-0.39, 0.29) is 25.2 Å². The predicted octanol–water partition coefficient (Wildman–Crippen LogP) is 2.45. The summed E-state index contributed by atoms with van der Waals surface area (Å²) in [5.74, 6) is 0.161. The molecule has 0 unspecified atom stereocenters. The van der Waals surface area contributed by atoms with Gasteiger partial charge in [0.05, 0.1) is 12.6 Å². The second-order valence-electron chi connectivity index (χ2n) is 6.21. The Bertz CT molecular complexity index is 859. The molecule has 0 aromatic heterocycles. The zero-order chi connectivity index (χ0) is 19.4. The number of carbonyl (C=O) groups excluding carboxylic acids is 2. The van der Waals surface area contributed by atoms with Gasteiger partial charge in [-0.25, -0.2) is 4.39 Å². The highest BCUT2D eigenvalue weighted by Gasteiger charge is 2.21. The molecule has 0 radical (unpaired) electrons. The molecule has 0 spiro atoms. The molecule has 2 aromatic rings. The number of halogens is 1. The van der Waals surface area contributed by atoms with Crippen molar-refractivity contribution in [1.29, 1.82) is 0 Å². The third-order valence-corrected chi connectivity index (χ3v) is 4.18. The molecule has 2 aromatic carbocycles. The maximum Gasteiger partial charge on any atom is 0.241 e. The normalized spacial score (nSPS) is 13.3. The SMILES string of the molecule is C[C@@H](C(=O)Nc1ccc2c(c1)OCO2)N(C)CC(=O)Nc1cccc(F)c1. The van der Waals surface area contributed by atoms with Crippen LogP contribution in [0.2, 0.25) is 0 Å². The fraction of sp³-hybridized carbons (Fsp3) is 0.263. The number of benzene rings is 2. The molecule has 0 saturated heterocycles. The van der Waals surface area contributed by atoms with Gasteiger partial charge in [-0.15, -0.1) is 0 Å². The van der Waals surface area contributed by atoms with E-state index in [1.165, 1.54) is 18.2 Å². The van der Waals surface area contributed by atoms with E-state index in [0.29, 0.717) is 22.9 Å². The molecule has 8 heteroatoms. The quantitative estimate of drug-likeness (QED) is 0.813. The van der Waals surface area contributed by atoms with E-state index >= 15 is 0 Å². The number of anilines is 2. The van der Waals surface area contributed by atoms with Crippen LogP contribution < -0.4 is 20.1 Å².